The molecule has 0 aliphatic carbocycles. The van der Waals surface area contributed by atoms with E-state index in [4.69, 9.17) is 19.9 Å². The molecule has 9 nitrogen and oxygen atoms in total. The third kappa shape index (κ3) is 3.22. The number of aryl methyl sites for hydroxylation is 1. The number of fused-ring (bicyclic) bond motifs is 4. The van der Waals surface area contributed by atoms with Crippen molar-refractivity contribution in [2.45, 2.75) is 38.6 Å². The van der Waals surface area contributed by atoms with Crippen LogP contribution in [0.1, 0.15) is 36.6 Å². The molecule has 1 amide bonds. The molecule has 2 N–H and O–H groups in total. The number of ether oxygens (including phenoxy) is 3. The van der Waals surface area contributed by atoms with Gasteiger partial charge >= 0.3 is 5.97 Å². The van der Waals surface area contributed by atoms with Crippen LogP contribution in [0.4, 0.5) is 5.69 Å². The van der Waals surface area contributed by atoms with Gasteiger partial charge in [-0.15, -0.1) is 0 Å². The Morgan fingerprint density at radius 3 is 2.59 bits per heavy atom. The molecule has 1 aromatic heterocycles. The Hall–Kier alpha value is -3.59. The van der Waals surface area contributed by atoms with Crippen LogP contribution in [0.15, 0.2) is 46.6 Å². The number of esters is 1. The van der Waals surface area contributed by atoms with E-state index in [9.17, 15) is 14.4 Å². The number of pyridine rings is 1. The number of rotatable bonds is 7. The van der Waals surface area contributed by atoms with Crippen LogP contribution in [-0.2, 0) is 31.0 Å². The molecule has 1 spiro atoms. The second kappa shape index (κ2) is 8.98. The Bertz CT molecular complexity index is 1250. The van der Waals surface area contributed by atoms with Gasteiger partial charge in [-0.1, -0.05) is 31.5 Å². The van der Waals surface area contributed by atoms with E-state index in [0.717, 1.165) is 12.8 Å². The van der Waals surface area contributed by atoms with Gasteiger partial charge < -0.3 is 29.4 Å². The zero-order valence-corrected chi connectivity index (χ0v) is 19.8. The van der Waals surface area contributed by atoms with Crippen LogP contribution in [0.5, 0.6) is 5.75 Å². The van der Waals surface area contributed by atoms with Gasteiger partial charge in [-0.25, -0.2) is 4.79 Å². The van der Waals surface area contributed by atoms with Crippen molar-refractivity contribution in [1.82, 2.24) is 4.57 Å². The van der Waals surface area contributed by atoms with E-state index in [-0.39, 0.29) is 29.3 Å². The molecular formula is C25H29N3O6. The first-order chi connectivity index (χ1) is 16.3. The van der Waals surface area contributed by atoms with Crippen LogP contribution < -0.4 is 20.9 Å². The molecule has 180 valence electrons. The molecule has 0 fully saturated rings. The molecule has 2 aliphatic heterocycles. The van der Waals surface area contributed by atoms with Gasteiger partial charge in [0.1, 0.15) is 16.7 Å². The van der Waals surface area contributed by atoms with Crippen LogP contribution in [0.2, 0.25) is 0 Å². The molecule has 0 saturated heterocycles. The molecule has 3 heterocycles. The zero-order chi connectivity index (χ0) is 24.6. The number of anilines is 1. The largest absolute Gasteiger partial charge is 0.465 e. The maximum Gasteiger partial charge on any atom is 0.340 e. The highest BCUT2D eigenvalue weighted by Crippen LogP contribution is 2.54. The number of unbranched alkanes of at least 4 members (excludes halogenated alkanes) is 1. The van der Waals surface area contributed by atoms with Gasteiger partial charge in [0.2, 0.25) is 11.8 Å². The van der Waals surface area contributed by atoms with Crippen LogP contribution in [0.3, 0.4) is 0 Å². The Kier molecular flexibility index (Phi) is 6.22. The maximum absolute atomic E-state index is 14.3. The van der Waals surface area contributed by atoms with Gasteiger partial charge in [-0.2, -0.15) is 0 Å². The first-order valence-corrected chi connectivity index (χ1v) is 11.3. The molecule has 1 unspecified atom stereocenters. The molecule has 1 atom stereocenters. The Balaban J connectivity index is 2.12. The number of aromatic nitrogens is 1. The Morgan fingerprint density at radius 1 is 1.18 bits per heavy atom. The average Bonchev–Trinajstić information content (AvgIpc) is 3.05. The van der Waals surface area contributed by atoms with Crippen molar-refractivity contribution < 1.29 is 23.8 Å². The number of hydrogen-bond acceptors (Lipinski definition) is 7. The van der Waals surface area contributed by atoms with Crippen molar-refractivity contribution in [3.8, 4) is 5.75 Å². The molecule has 0 bridgehead atoms. The fourth-order valence-corrected chi connectivity index (χ4v) is 4.94. The summed E-state index contributed by atoms with van der Waals surface area (Å²) in [5.74, 6) is -1.35. The standard InChI is InChI=1S/C25H29N3O6/c1-5-6-11-28-17-10-8-7-9-16(17)25(24(28)31)19-18(34-21(26)20(25)23(30)33-4)14-15(2)27(22(19)29)12-13-32-3/h7-10,14H,5-6,11-13,26H2,1-4H3. The number of benzene rings is 1. The second-order valence-electron chi connectivity index (χ2n) is 8.38. The van der Waals surface area contributed by atoms with E-state index in [1.165, 1.54) is 11.7 Å². The lowest BCUT2D eigenvalue weighted by molar-refractivity contribution is -0.138. The minimum Gasteiger partial charge on any atom is -0.465 e. The van der Waals surface area contributed by atoms with E-state index in [2.05, 4.69) is 0 Å². The lowest BCUT2D eigenvalue weighted by Crippen LogP contribution is -2.52. The minimum absolute atomic E-state index is 0.0558. The van der Waals surface area contributed by atoms with Gasteiger partial charge in [0, 0.05) is 43.2 Å². The molecule has 34 heavy (non-hydrogen) atoms. The summed E-state index contributed by atoms with van der Waals surface area (Å²) in [6, 6.07) is 8.83. The third-order valence-corrected chi connectivity index (χ3v) is 6.50. The van der Waals surface area contributed by atoms with Gasteiger partial charge in [-0.05, 0) is 19.4 Å². The summed E-state index contributed by atoms with van der Waals surface area (Å²) in [7, 11) is 2.75. The summed E-state index contributed by atoms with van der Waals surface area (Å²) in [5.41, 5.74) is 5.66. The van der Waals surface area contributed by atoms with Gasteiger partial charge in [0.05, 0.1) is 19.3 Å². The van der Waals surface area contributed by atoms with E-state index >= 15 is 0 Å². The summed E-state index contributed by atoms with van der Waals surface area (Å²) in [6.45, 7) is 4.79. The summed E-state index contributed by atoms with van der Waals surface area (Å²) in [5, 5.41) is 0. The smallest absolute Gasteiger partial charge is 0.340 e. The van der Waals surface area contributed by atoms with E-state index < -0.39 is 22.9 Å². The number of methoxy groups -OCH3 is 2. The van der Waals surface area contributed by atoms with E-state index in [1.807, 2.05) is 19.1 Å². The lowest BCUT2D eigenvalue weighted by Gasteiger charge is -2.36. The van der Waals surface area contributed by atoms with Crippen LogP contribution in [-0.4, -0.2) is 43.8 Å². The van der Waals surface area contributed by atoms with Gasteiger partial charge in [0.25, 0.3) is 5.56 Å². The van der Waals surface area contributed by atoms with Crippen molar-refractivity contribution in [2.24, 2.45) is 5.73 Å². The van der Waals surface area contributed by atoms with Crippen molar-refractivity contribution in [3.05, 3.63) is 69.0 Å². The number of para-hydroxylation sites is 1. The lowest BCUT2D eigenvalue weighted by atomic mass is 9.68. The number of nitrogens with zero attached hydrogens (tertiary/aromatic N) is 2. The summed E-state index contributed by atoms with van der Waals surface area (Å²) in [6.07, 6.45) is 1.61. The van der Waals surface area contributed by atoms with E-state index in [0.29, 0.717) is 30.1 Å². The third-order valence-electron chi connectivity index (χ3n) is 6.50. The summed E-state index contributed by atoms with van der Waals surface area (Å²) < 4.78 is 17.5. The number of amides is 1. The minimum atomic E-state index is -1.78. The van der Waals surface area contributed by atoms with Gasteiger partial charge in [0.15, 0.2) is 0 Å². The fraction of sp³-hybridized carbons (Fsp3) is 0.400. The van der Waals surface area contributed by atoms with Crippen molar-refractivity contribution >= 4 is 17.6 Å². The number of hydrogen-bond donors (Lipinski definition) is 1. The Morgan fingerprint density at radius 2 is 1.91 bits per heavy atom. The normalized spacial score (nSPS) is 18.7. The molecule has 0 radical (unpaired) electrons. The zero-order valence-electron chi connectivity index (χ0n) is 19.8. The predicted octanol–water partition coefficient (Wildman–Crippen LogP) is 1.97. The Labute approximate surface area is 197 Å². The maximum atomic E-state index is 14.3. The van der Waals surface area contributed by atoms with Gasteiger partial charge in [-0.3, -0.25) is 9.59 Å². The summed E-state index contributed by atoms with van der Waals surface area (Å²) >= 11 is 0. The first kappa shape index (κ1) is 23.6. The average molecular weight is 468 g/mol. The molecular weight excluding hydrogens is 438 g/mol. The van der Waals surface area contributed by atoms with Crippen LogP contribution in [0, 0.1) is 6.92 Å². The highest BCUT2D eigenvalue weighted by atomic mass is 16.5. The number of carbonyl (C=O) groups excluding carboxylic acids is 2. The van der Waals surface area contributed by atoms with Crippen LogP contribution >= 0.6 is 0 Å². The highest BCUT2D eigenvalue weighted by Gasteiger charge is 2.62. The SMILES string of the molecule is CCCCN1C(=O)C2(C(C(=O)OC)=C(N)Oc3cc(C)n(CCOC)c(=O)c32)c2ccccc21. The van der Waals surface area contributed by atoms with Crippen molar-refractivity contribution in [3.63, 3.8) is 0 Å². The highest BCUT2D eigenvalue weighted by molar-refractivity contribution is 6.18. The molecule has 1 aromatic carbocycles. The molecule has 4 rings (SSSR count). The number of carbonyl (C=O) groups is 2. The molecule has 9 heteroatoms. The molecule has 2 aromatic rings. The van der Waals surface area contributed by atoms with E-state index in [1.54, 1.807) is 37.1 Å². The van der Waals surface area contributed by atoms with Crippen molar-refractivity contribution in [2.75, 3.05) is 32.3 Å². The number of nitrogens with two attached hydrogens (primary N) is 1. The predicted molar refractivity (Wildman–Crippen MR) is 126 cm³/mol. The fourth-order valence-electron chi connectivity index (χ4n) is 4.94. The van der Waals surface area contributed by atoms with Crippen LogP contribution in [0.25, 0.3) is 0 Å². The summed E-state index contributed by atoms with van der Waals surface area (Å²) in [4.78, 5) is 43.1. The molecule has 2 aliphatic rings. The topological polar surface area (TPSA) is 113 Å². The monoisotopic (exact) mass is 467 g/mol. The molecule has 0 saturated carbocycles. The second-order valence-corrected chi connectivity index (χ2v) is 8.38. The quantitative estimate of drug-likeness (QED) is 0.620. The first-order valence-electron chi connectivity index (χ1n) is 11.3. The van der Waals surface area contributed by atoms with Crippen molar-refractivity contribution in [1.29, 1.82) is 0 Å².